The lowest BCUT2D eigenvalue weighted by Gasteiger charge is -2.12. The quantitative estimate of drug-likeness (QED) is 0.702. The lowest BCUT2D eigenvalue weighted by atomic mass is 10.1. The third kappa shape index (κ3) is 3.85. The highest BCUT2D eigenvalue weighted by atomic mass is 16.4. The minimum Gasteiger partial charge on any atom is -0.478 e. The van der Waals surface area contributed by atoms with Crippen molar-refractivity contribution in [2.45, 2.75) is 19.9 Å². The van der Waals surface area contributed by atoms with Crippen LogP contribution in [0.4, 0.5) is 0 Å². The van der Waals surface area contributed by atoms with Crippen molar-refractivity contribution in [2.75, 3.05) is 6.54 Å². The molecule has 1 atom stereocenters. The zero-order valence-electron chi connectivity index (χ0n) is 10.3. The zero-order chi connectivity index (χ0) is 13.5. The Hall–Kier alpha value is -1.88. The predicted molar refractivity (Wildman–Crippen MR) is 68.1 cm³/mol. The van der Waals surface area contributed by atoms with Gasteiger partial charge in [-0.15, -0.1) is 0 Å². The standard InChI is InChI=1S/C13H18N2O3/c1-2-10(7-14)12(16)15-8-9-3-5-11(6-4-9)13(17)18/h3-6,10H,2,7-8,14H2,1H3,(H,15,16)(H,17,18). The van der Waals surface area contributed by atoms with E-state index in [1.807, 2.05) is 6.92 Å². The summed E-state index contributed by atoms with van der Waals surface area (Å²) in [5.41, 5.74) is 6.58. The molecule has 98 valence electrons. The van der Waals surface area contributed by atoms with Gasteiger partial charge in [0.25, 0.3) is 0 Å². The van der Waals surface area contributed by atoms with Gasteiger partial charge in [0.05, 0.1) is 5.56 Å². The maximum atomic E-state index is 11.7. The third-order valence-electron chi connectivity index (χ3n) is 2.82. The van der Waals surface area contributed by atoms with Crippen LogP contribution in [0.25, 0.3) is 0 Å². The number of carboxylic acid groups (broad SMARTS) is 1. The lowest BCUT2D eigenvalue weighted by Crippen LogP contribution is -2.34. The Morgan fingerprint density at radius 2 is 1.94 bits per heavy atom. The van der Waals surface area contributed by atoms with Crippen molar-refractivity contribution in [3.63, 3.8) is 0 Å². The summed E-state index contributed by atoms with van der Waals surface area (Å²) in [6, 6.07) is 6.41. The topological polar surface area (TPSA) is 92.4 Å². The van der Waals surface area contributed by atoms with Gasteiger partial charge < -0.3 is 16.2 Å². The summed E-state index contributed by atoms with van der Waals surface area (Å²) >= 11 is 0. The molecule has 1 aromatic carbocycles. The molecule has 0 aliphatic heterocycles. The van der Waals surface area contributed by atoms with E-state index in [2.05, 4.69) is 5.32 Å². The van der Waals surface area contributed by atoms with Crippen LogP contribution >= 0.6 is 0 Å². The largest absolute Gasteiger partial charge is 0.478 e. The van der Waals surface area contributed by atoms with Gasteiger partial charge in [0.15, 0.2) is 0 Å². The molecule has 0 saturated heterocycles. The maximum absolute atomic E-state index is 11.7. The van der Waals surface area contributed by atoms with Crippen LogP contribution in [0.15, 0.2) is 24.3 Å². The van der Waals surface area contributed by atoms with Crippen LogP contribution in [-0.4, -0.2) is 23.5 Å². The minimum atomic E-state index is -0.959. The molecule has 5 heteroatoms. The fourth-order valence-corrected chi connectivity index (χ4v) is 1.56. The smallest absolute Gasteiger partial charge is 0.335 e. The van der Waals surface area contributed by atoms with Crippen LogP contribution in [0.3, 0.4) is 0 Å². The Balaban J connectivity index is 2.53. The average Bonchev–Trinajstić information content (AvgIpc) is 2.38. The van der Waals surface area contributed by atoms with Gasteiger partial charge in [-0.05, 0) is 24.1 Å². The second kappa shape index (κ2) is 6.76. The minimum absolute atomic E-state index is 0.0673. The summed E-state index contributed by atoms with van der Waals surface area (Å²) in [5.74, 6) is -1.19. The Kier molecular flexibility index (Phi) is 5.32. The second-order valence-corrected chi connectivity index (χ2v) is 4.06. The van der Waals surface area contributed by atoms with Crippen molar-refractivity contribution in [1.82, 2.24) is 5.32 Å². The highest BCUT2D eigenvalue weighted by Crippen LogP contribution is 2.05. The molecular weight excluding hydrogens is 232 g/mol. The van der Waals surface area contributed by atoms with Gasteiger partial charge in [-0.25, -0.2) is 4.79 Å². The second-order valence-electron chi connectivity index (χ2n) is 4.06. The summed E-state index contributed by atoms with van der Waals surface area (Å²) < 4.78 is 0. The van der Waals surface area contributed by atoms with Gasteiger partial charge in [-0.2, -0.15) is 0 Å². The van der Waals surface area contributed by atoms with E-state index in [0.29, 0.717) is 19.5 Å². The molecule has 4 N–H and O–H groups in total. The lowest BCUT2D eigenvalue weighted by molar-refractivity contribution is -0.124. The molecule has 0 bridgehead atoms. The number of carboxylic acids is 1. The van der Waals surface area contributed by atoms with Crippen LogP contribution in [0, 0.1) is 5.92 Å². The van der Waals surface area contributed by atoms with E-state index in [1.54, 1.807) is 12.1 Å². The fourth-order valence-electron chi connectivity index (χ4n) is 1.56. The first-order valence-corrected chi connectivity index (χ1v) is 5.88. The van der Waals surface area contributed by atoms with Crippen molar-refractivity contribution in [2.24, 2.45) is 11.7 Å². The number of rotatable bonds is 6. The number of benzene rings is 1. The van der Waals surface area contributed by atoms with E-state index < -0.39 is 5.97 Å². The highest BCUT2D eigenvalue weighted by molar-refractivity contribution is 5.87. The molecule has 0 spiro atoms. The van der Waals surface area contributed by atoms with Crippen molar-refractivity contribution in [3.05, 3.63) is 35.4 Å². The third-order valence-corrected chi connectivity index (χ3v) is 2.82. The van der Waals surface area contributed by atoms with Crippen LogP contribution in [0.2, 0.25) is 0 Å². The van der Waals surface area contributed by atoms with E-state index in [0.717, 1.165) is 5.56 Å². The average molecular weight is 250 g/mol. The molecule has 0 aliphatic rings. The molecular formula is C13H18N2O3. The van der Waals surface area contributed by atoms with Crippen LogP contribution < -0.4 is 11.1 Å². The zero-order valence-corrected chi connectivity index (χ0v) is 10.3. The van der Waals surface area contributed by atoms with Crippen molar-refractivity contribution in [3.8, 4) is 0 Å². The molecule has 5 nitrogen and oxygen atoms in total. The van der Waals surface area contributed by atoms with E-state index >= 15 is 0 Å². The molecule has 0 aliphatic carbocycles. The normalized spacial score (nSPS) is 11.9. The van der Waals surface area contributed by atoms with Crippen LogP contribution in [0.5, 0.6) is 0 Å². The van der Waals surface area contributed by atoms with Gasteiger partial charge in [0.1, 0.15) is 0 Å². The molecule has 18 heavy (non-hydrogen) atoms. The van der Waals surface area contributed by atoms with Crippen LogP contribution in [0.1, 0.15) is 29.3 Å². The van der Waals surface area contributed by atoms with Gasteiger partial charge >= 0.3 is 5.97 Å². The Morgan fingerprint density at radius 1 is 1.33 bits per heavy atom. The van der Waals surface area contributed by atoms with Gasteiger partial charge in [-0.1, -0.05) is 19.1 Å². The van der Waals surface area contributed by atoms with Crippen molar-refractivity contribution >= 4 is 11.9 Å². The summed E-state index contributed by atoms with van der Waals surface area (Å²) in [7, 11) is 0. The number of hydrogen-bond acceptors (Lipinski definition) is 3. The Bertz CT molecular complexity index is 411. The SMILES string of the molecule is CCC(CN)C(=O)NCc1ccc(C(=O)O)cc1. The maximum Gasteiger partial charge on any atom is 0.335 e. The monoisotopic (exact) mass is 250 g/mol. The molecule has 1 aromatic rings. The molecule has 0 radical (unpaired) electrons. The number of hydrogen-bond donors (Lipinski definition) is 3. The first-order chi connectivity index (χ1) is 8.58. The molecule has 0 aromatic heterocycles. The summed E-state index contributed by atoms with van der Waals surface area (Å²) in [6.07, 6.45) is 0.709. The van der Waals surface area contributed by atoms with Gasteiger partial charge in [0, 0.05) is 19.0 Å². The number of carbonyl (C=O) groups excluding carboxylic acids is 1. The molecule has 1 amide bonds. The summed E-state index contributed by atoms with van der Waals surface area (Å²) in [4.78, 5) is 22.3. The summed E-state index contributed by atoms with van der Waals surface area (Å²) in [6.45, 7) is 2.63. The van der Waals surface area contributed by atoms with Crippen LogP contribution in [-0.2, 0) is 11.3 Å². The van der Waals surface area contributed by atoms with Gasteiger partial charge in [0.2, 0.25) is 5.91 Å². The number of aromatic carboxylic acids is 1. The van der Waals surface area contributed by atoms with E-state index in [4.69, 9.17) is 10.8 Å². The fraction of sp³-hybridized carbons (Fsp3) is 0.385. The first kappa shape index (κ1) is 14.2. The van der Waals surface area contributed by atoms with E-state index in [-0.39, 0.29) is 17.4 Å². The van der Waals surface area contributed by atoms with Crippen molar-refractivity contribution in [1.29, 1.82) is 0 Å². The van der Waals surface area contributed by atoms with E-state index in [9.17, 15) is 9.59 Å². The van der Waals surface area contributed by atoms with Crippen molar-refractivity contribution < 1.29 is 14.7 Å². The molecule has 0 saturated carbocycles. The predicted octanol–water partition coefficient (Wildman–Crippen LogP) is 0.986. The molecule has 0 heterocycles. The Labute approximate surface area is 106 Å². The molecule has 1 unspecified atom stereocenters. The number of amides is 1. The summed E-state index contributed by atoms with van der Waals surface area (Å²) in [5, 5.41) is 11.5. The number of nitrogens with one attached hydrogen (secondary N) is 1. The highest BCUT2D eigenvalue weighted by Gasteiger charge is 2.13. The first-order valence-electron chi connectivity index (χ1n) is 5.88. The molecule has 1 rings (SSSR count). The molecule has 0 fully saturated rings. The Morgan fingerprint density at radius 3 is 2.39 bits per heavy atom. The van der Waals surface area contributed by atoms with E-state index in [1.165, 1.54) is 12.1 Å². The van der Waals surface area contributed by atoms with Gasteiger partial charge in [-0.3, -0.25) is 4.79 Å². The number of carbonyl (C=O) groups is 2. The number of nitrogens with two attached hydrogens (primary N) is 1.